The van der Waals surface area contributed by atoms with Gasteiger partial charge in [-0.15, -0.1) is 0 Å². The van der Waals surface area contributed by atoms with Crippen molar-refractivity contribution in [2.24, 2.45) is 11.3 Å². The van der Waals surface area contributed by atoms with Crippen LogP contribution in [-0.4, -0.2) is 42.2 Å². The predicted octanol–water partition coefficient (Wildman–Crippen LogP) is 1.17. The summed E-state index contributed by atoms with van der Waals surface area (Å²) in [4.78, 5) is 0. The minimum Gasteiger partial charge on any atom is -0.396 e. The van der Waals surface area contributed by atoms with Crippen LogP contribution in [0.4, 0.5) is 0 Å². The fourth-order valence-corrected chi connectivity index (χ4v) is 2.75. The SMILES string of the molecule is CC(C)(CO)[C@H]1OC[C@H](CO)[C@@H]1NCc1ccccc1. The van der Waals surface area contributed by atoms with E-state index in [9.17, 15) is 10.2 Å². The Balaban J connectivity index is 2.04. The molecule has 1 aliphatic rings. The van der Waals surface area contributed by atoms with Crippen LogP contribution in [0.5, 0.6) is 0 Å². The standard InChI is InChI=1S/C16H25NO3/c1-16(2,11-19)15-14(13(9-18)10-20-15)17-8-12-6-4-3-5-7-12/h3-7,13-15,17-19H,8-11H2,1-2H3/t13-,14-,15-/m0/s1. The zero-order valence-electron chi connectivity index (χ0n) is 12.2. The van der Waals surface area contributed by atoms with Crippen LogP contribution in [0.25, 0.3) is 0 Å². The quantitative estimate of drug-likeness (QED) is 0.731. The second-order valence-corrected chi connectivity index (χ2v) is 6.24. The van der Waals surface area contributed by atoms with Crippen molar-refractivity contribution in [1.29, 1.82) is 0 Å². The summed E-state index contributed by atoms with van der Waals surface area (Å²) in [5.74, 6) is 0.0783. The maximum atomic E-state index is 9.55. The van der Waals surface area contributed by atoms with Crippen LogP contribution in [0.3, 0.4) is 0 Å². The van der Waals surface area contributed by atoms with Gasteiger partial charge in [0.05, 0.1) is 19.3 Å². The molecule has 0 aromatic heterocycles. The lowest BCUT2D eigenvalue weighted by molar-refractivity contribution is -0.0233. The maximum absolute atomic E-state index is 9.55. The van der Waals surface area contributed by atoms with Gasteiger partial charge in [0.2, 0.25) is 0 Å². The van der Waals surface area contributed by atoms with E-state index in [4.69, 9.17) is 4.74 Å². The van der Waals surface area contributed by atoms with Gasteiger partial charge in [0, 0.05) is 30.5 Å². The van der Waals surface area contributed by atoms with Gasteiger partial charge < -0.3 is 20.3 Å². The summed E-state index contributed by atoms with van der Waals surface area (Å²) in [6.07, 6.45) is -0.0895. The molecule has 0 saturated carbocycles. The van der Waals surface area contributed by atoms with Gasteiger partial charge in [0.15, 0.2) is 0 Å². The summed E-state index contributed by atoms with van der Waals surface area (Å²) in [6.45, 7) is 5.44. The topological polar surface area (TPSA) is 61.7 Å². The lowest BCUT2D eigenvalue weighted by atomic mass is 9.81. The Morgan fingerprint density at radius 2 is 1.95 bits per heavy atom. The number of hydrogen-bond acceptors (Lipinski definition) is 4. The lowest BCUT2D eigenvalue weighted by Crippen LogP contribution is -2.49. The number of ether oxygens (including phenoxy) is 1. The Labute approximate surface area is 120 Å². The van der Waals surface area contributed by atoms with Crippen LogP contribution >= 0.6 is 0 Å². The first kappa shape index (κ1) is 15.4. The van der Waals surface area contributed by atoms with Crippen LogP contribution in [0.2, 0.25) is 0 Å². The minimum atomic E-state index is -0.321. The molecule has 3 N–H and O–H groups in total. The third kappa shape index (κ3) is 3.38. The van der Waals surface area contributed by atoms with E-state index in [1.165, 1.54) is 5.56 Å². The molecule has 1 heterocycles. The van der Waals surface area contributed by atoms with Crippen LogP contribution in [-0.2, 0) is 11.3 Å². The zero-order valence-corrected chi connectivity index (χ0v) is 12.2. The van der Waals surface area contributed by atoms with Crippen molar-refractivity contribution < 1.29 is 14.9 Å². The van der Waals surface area contributed by atoms with E-state index < -0.39 is 0 Å². The minimum absolute atomic E-state index is 0.0577. The Morgan fingerprint density at radius 3 is 2.55 bits per heavy atom. The molecule has 0 amide bonds. The molecule has 1 aliphatic heterocycles. The molecule has 1 fully saturated rings. The average molecular weight is 279 g/mol. The van der Waals surface area contributed by atoms with E-state index in [2.05, 4.69) is 17.4 Å². The molecule has 0 bridgehead atoms. The van der Waals surface area contributed by atoms with E-state index in [1.807, 2.05) is 32.0 Å². The maximum Gasteiger partial charge on any atom is 0.0805 e. The highest BCUT2D eigenvalue weighted by Gasteiger charge is 2.44. The Kier molecular flexibility index (Phi) is 5.16. The molecule has 4 nitrogen and oxygen atoms in total. The molecule has 3 atom stereocenters. The van der Waals surface area contributed by atoms with Crippen molar-refractivity contribution in [1.82, 2.24) is 5.32 Å². The van der Waals surface area contributed by atoms with Crippen molar-refractivity contribution in [2.75, 3.05) is 19.8 Å². The molecule has 20 heavy (non-hydrogen) atoms. The first-order valence-electron chi connectivity index (χ1n) is 7.19. The molecule has 112 valence electrons. The van der Waals surface area contributed by atoms with Gasteiger partial charge >= 0.3 is 0 Å². The summed E-state index contributed by atoms with van der Waals surface area (Å²) in [5.41, 5.74) is 0.884. The summed E-state index contributed by atoms with van der Waals surface area (Å²) in [6, 6.07) is 10.2. The van der Waals surface area contributed by atoms with E-state index in [0.717, 1.165) is 6.54 Å². The van der Waals surface area contributed by atoms with Gasteiger partial charge in [0.1, 0.15) is 0 Å². The Morgan fingerprint density at radius 1 is 1.25 bits per heavy atom. The van der Waals surface area contributed by atoms with Gasteiger partial charge in [-0.2, -0.15) is 0 Å². The molecule has 0 spiro atoms. The fourth-order valence-electron chi connectivity index (χ4n) is 2.75. The number of nitrogens with one attached hydrogen (secondary N) is 1. The highest BCUT2D eigenvalue weighted by molar-refractivity contribution is 5.14. The molecular formula is C16H25NO3. The first-order chi connectivity index (χ1) is 9.58. The van der Waals surface area contributed by atoms with Gasteiger partial charge in [0.25, 0.3) is 0 Å². The van der Waals surface area contributed by atoms with Crippen molar-refractivity contribution in [3.05, 3.63) is 35.9 Å². The van der Waals surface area contributed by atoms with E-state index in [-0.39, 0.29) is 36.7 Å². The molecule has 1 aromatic rings. The zero-order chi connectivity index (χ0) is 14.6. The molecule has 0 unspecified atom stereocenters. The van der Waals surface area contributed by atoms with Gasteiger partial charge in [-0.25, -0.2) is 0 Å². The molecule has 1 aromatic carbocycles. The van der Waals surface area contributed by atoms with Crippen LogP contribution in [0.15, 0.2) is 30.3 Å². The molecule has 1 saturated heterocycles. The second-order valence-electron chi connectivity index (χ2n) is 6.24. The molecule has 0 aliphatic carbocycles. The highest BCUT2D eigenvalue weighted by atomic mass is 16.5. The lowest BCUT2D eigenvalue weighted by Gasteiger charge is -2.34. The van der Waals surface area contributed by atoms with Crippen molar-refractivity contribution in [2.45, 2.75) is 32.5 Å². The Bertz CT molecular complexity index is 407. The van der Waals surface area contributed by atoms with Crippen molar-refractivity contribution in [3.63, 3.8) is 0 Å². The van der Waals surface area contributed by atoms with Gasteiger partial charge in [-0.05, 0) is 5.56 Å². The molecule has 2 rings (SSSR count). The van der Waals surface area contributed by atoms with E-state index >= 15 is 0 Å². The van der Waals surface area contributed by atoms with Crippen molar-refractivity contribution >= 4 is 0 Å². The predicted molar refractivity (Wildman–Crippen MR) is 78.3 cm³/mol. The second kappa shape index (κ2) is 6.68. The Hall–Kier alpha value is -0.940. The number of benzene rings is 1. The van der Waals surface area contributed by atoms with Crippen LogP contribution in [0, 0.1) is 11.3 Å². The number of rotatable bonds is 6. The summed E-state index contributed by atoms with van der Waals surface area (Å²) < 4.78 is 5.83. The van der Waals surface area contributed by atoms with Gasteiger partial charge in [-0.1, -0.05) is 44.2 Å². The number of aliphatic hydroxyl groups is 2. The van der Waals surface area contributed by atoms with Crippen LogP contribution in [0.1, 0.15) is 19.4 Å². The van der Waals surface area contributed by atoms with E-state index in [0.29, 0.717) is 6.61 Å². The molecule has 0 radical (unpaired) electrons. The summed E-state index contributed by atoms with van der Waals surface area (Å²) in [7, 11) is 0. The van der Waals surface area contributed by atoms with Crippen LogP contribution < -0.4 is 5.32 Å². The summed E-state index contributed by atoms with van der Waals surface area (Å²) in [5, 5.41) is 22.5. The first-order valence-corrected chi connectivity index (χ1v) is 7.19. The smallest absolute Gasteiger partial charge is 0.0805 e. The monoisotopic (exact) mass is 279 g/mol. The third-order valence-corrected chi connectivity index (χ3v) is 4.12. The highest BCUT2D eigenvalue weighted by Crippen LogP contribution is 2.33. The molecular weight excluding hydrogens is 254 g/mol. The number of aliphatic hydroxyl groups excluding tert-OH is 2. The van der Waals surface area contributed by atoms with Crippen molar-refractivity contribution in [3.8, 4) is 0 Å². The fraction of sp³-hybridized carbons (Fsp3) is 0.625. The number of hydrogen-bond donors (Lipinski definition) is 3. The molecule has 4 heteroatoms. The van der Waals surface area contributed by atoms with E-state index in [1.54, 1.807) is 0 Å². The third-order valence-electron chi connectivity index (χ3n) is 4.12. The average Bonchev–Trinajstić information content (AvgIpc) is 2.90. The summed E-state index contributed by atoms with van der Waals surface area (Å²) >= 11 is 0. The largest absolute Gasteiger partial charge is 0.396 e. The van der Waals surface area contributed by atoms with Gasteiger partial charge in [-0.3, -0.25) is 0 Å². The normalized spacial score (nSPS) is 26.9.